The highest BCUT2D eigenvalue weighted by Crippen LogP contribution is 2.41. The molecule has 0 unspecified atom stereocenters. The number of hydrogen-bond acceptors (Lipinski definition) is 2. The van der Waals surface area contributed by atoms with Crippen molar-refractivity contribution >= 4 is 17.3 Å². The van der Waals surface area contributed by atoms with E-state index in [-0.39, 0.29) is 17.3 Å². The summed E-state index contributed by atoms with van der Waals surface area (Å²) in [4.78, 5) is 1.37. The van der Waals surface area contributed by atoms with Crippen LogP contribution in [0, 0.1) is 11.6 Å². The van der Waals surface area contributed by atoms with Crippen molar-refractivity contribution in [1.82, 2.24) is 0 Å². The molecule has 1 aromatic rings. The number of alkyl halides is 1. The standard InChI is InChI=1S/C12H11ClF3NO/c13-7-3-8(14)11(9(15)4-7)17-2-1-12(6-18-12)10(16)5-17/h3-4,10H,1-2,5-6H2/t10-,12-/m0/s1. The number of halogens is 4. The Balaban J connectivity index is 1.87. The van der Waals surface area contributed by atoms with Gasteiger partial charge in [0.05, 0.1) is 13.2 Å². The van der Waals surface area contributed by atoms with E-state index in [0.29, 0.717) is 19.6 Å². The third kappa shape index (κ3) is 1.86. The van der Waals surface area contributed by atoms with Crippen molar-refractivity contribution in [3.8, 4) is 0 Å². The topological polar surface area (TPSA) is 15.8 Å². The van der Waals surface area contributed by atoms with E-state index in [1.165, 1.54) is 4.90 Å². The van der Waals surface area contributed by atoms with Gasteiger partial charge in [0.15, 0.2) is 11.6 Å². The van der Waals surface area contributed by atoms with E-state index < -0.39 is 23.4 Å². The fourth-order valence-corrected chi connectivity index (χ4v) is 2.58. The van der Waals surface area contributed by atoms with Crippen LogP contribution in [-0.4, -0.2) is 31.5 Å². The second kappa shape index (κ2) is 4.03. The zero-order valence-corrected chi connectivity index (χ0v) is 10.2. The van der Waals surface area contributed by atoms with Gasteiger partial charge < -0.3 is 9.64 Å². The maximum Gasteiger partial charge on any atom is 0.151 e. The fraction of sp³-hybridized carbons (Fsp3) is 0.500. The maximum absolute atomic E-state index is 13.9. The van der Waals surface area contributed by atoms with E-state index in [2.05, 4.69) is 0 Å². The van der Waals surface area contributed by atoms with Crippen LogP contribution < -0.4 is 4.90 Å². The summed E-state index contributed by atoms with van der Waals surface area (Å²) in [7, 11) is 0. The van der Waals surface area contributed by atoms with Crippen LogP contribution in [0.3, 0.4) is 0 Å². The fourth-order valence-electron chi connectivity index (χ4n) is 2.39. The number of hydrogen-bond donors (Lipinski definition) is 0. The Labute approximate surface area is 107 Å². The number of nitrogens with zero attached hydrogens (tertiary/aromatic N) is 1. The van der Waals surface area contributed by atoms with Crippen molar-refractivity contribution in [2.45, 2.75) is 18.2 Å². The van der Waals surface area contributed by atoms with Gasteiger partial charge in [0.25, 0.3) is 0 Å². The Morgan fingerprint density at radius 1 is 1.33 bits per heavy atom. The number of piperidine rings is 1. The third-order valence-electron chi connectivity index (χ3n) is 3.57. The summed E-state index contributed by atoms with van der Waals surface area (Å²) in [6.07, 6.45) is -0.781. The molecule has 2 atom stereocenters. The Morgan fingerprint density at radius 2 is 1.94 bits per heavy atom. The molecule has 2 heterocycles. The molecule has 6 heteroatoms. The molecule has 98 valence electrons. The predicted octanol–water partition coefficient (Wildman–Crippen LogP) is 2.94. The molecule has 2 saturated heterocycles. The summed E-state index contributed by atoms with van der Waals surface area (Å²) in [5, 5.41) is -0.00967. The van der Waals surface area contributed by atoms with Crippen molar-refractivity contribution in [1.29, 1.82) is 0 Å². The lowest BCUT2D eigenvalue weighted by molar-refractivity contribution is 0.137. The number of epoxide rings is 1. The first-order valence-corrected chi connectivity index (χ1v) is 6.07. The van der Waals surface area contributed by atoms with Crippen LogP contribution in [0.4, 0.5) is 18.9 Å². The van der Waals surface area contributed by atoms with Gasteiger partial charge in [0.2, 0.25) is 0 Å². The van der Waals surface area contributed by atoms with E-state index in [9.17, 15) is 13.2 Å². The number of anilines is 1. The van der Waals surface area contributed by atoms with Crippen LogP contribution in [0.25, 0.3) is 0 Å². The first-order chi connectivity index (χ1) is 8.52. The minimum atomic E-state index is -1.22. The predicted molar refractivity (Wildman–Crippen MR) is 61.8 cm³/mol. The molecular weight excluding hydrogens is 267 g/mol. The van der Waals surface area contributed by atoms with Gasteiger partial charge in [0.1, 0.15) is 17.5 Å². The van der Waals surface area contributed by atoms with Crippen molar-refractivity contribution < 1.29 is 17.9 Å². The van der Waals surface area contributed by atoms with Crippen molar-refractivity contribution in [2.75, 3.05) is 24.6 Å². The first kappa shape index (κ1) is 12.1. The van der Waals surface area contributed by atoms with Crippen LogP contribution in [0.2, 0.25) is 5.02 Å². The monoisotopic (exact) mass is 277 g/mol. The molecule has 3 rings (SSSR count). The second-order valence-corrected chi connectivity index (χ2v) is 5.17. The zero-order valence-electron chi connectivity index (χ0n) is 9.43. The number of benzene rings is 1. The Morgan fingerprint density at radius 3 is 2.44 bits per heavy atom. The minimum absolute atomic E-state index is 0.00967. The molecule has 0 bridgehead atoms. The van der Waals surface area contributed by atoms with Gasteiger partial charge in [-0.05, 0) is 18.6 Å². The molecule has 18 heavy (non-hydrogen) atoms. The largest absolute Gasteiger partial charge is 0.366 e. The molecule has 2 nitrogen and oxygen atoms in total. The van der Waals surface area contributed by atoms with Gasteiger partial charge in [-0.15, -0.1) is 0 Å². The summed E-state index contributed by atoms with van der Waals surface area (Å²) in [6, 6.07) is 2.07. The highest BCUT2D eigenvalue weighted by atomic mass is 35.5. The van der Waals surface area contributed by atoms with E-state index in [1.807, 2.05) is 0 Å². The highest BCUT2D eigenvalue weighted by molar-refractivity contribution is 6.30. The van der Waals surface area contributed by atoms with Crippen molar-refractivity contribution in [2.24, 2.45) is 0 Å². The van der Waals surface area contributed by atoms with E-state index in [4.69, 9.17) is 16.3 Å². The van der Waals surface area contributed by atoms with Crippen LogP contribution >= 0.6 is 11.6 Å². The van der Waals surface area contributed by atoms with Gasteiger partial charge in [-0.3, -0.25) is 0 Å². The highest BCUT2D eigenvalue weighted by Gasteiger charge is 2.55. The molecule has 2 aliphatic heterocycles. The molecule has 1 aromatic carbocycles. The molecule has 0 radical (unpaired) electrons. The SMILES string of the molecule is Fc1cc(Cl)cc(F)c1N1CC[C@]2(CO2)[C@@H](F)C1. The molecule has 2 fully saturated rings. The molecule has 1 spiro atoms. The van der Waals surface area contributed by atoms with Crippen LogP contribution in [0.1, 0.15) is 6.42 Å². The second-order valence-electron chi connectivity index (χ2n) is 4.74. The molecule has 0 aromatic heterocycles. The number of ether oxygens (including phenoxy) is 1. The van der Waals surface area contributed by atoms with E-state index in [0.717, 1.165) is 12.1 Å². The van der Waals surface area contributed by atoms with Gasteiger partial charge in [-0.1, -0.05) is 11.6 Å². The smallest absolute Gasteiger partial charge is 0.151 e. The minimum Gasteiger partial charge on any atom is -0.366 e. The Bertz CT molecular complexity index is 469. The van der Waals surface area contributed by atoms with Gasteiger partial charge in [-0.2, -0.15) is 0 Å². The van der Waals surface area contributed by atoms with Gasteiger partial charge in [0, 0.05) is 11.6 Å². The maximum atomic E-state index is 13.9. The van der Waals surface area contributed by atoms with E-state index in [1.54, 1.807) is 0 Å². The molecule has 0 N–H and O–H groups in total. The lowest BCUT2D eigenvalue weighted by Crippen LogP contribution is -2.47. The molecule has 2 aliphatic rings. The lowest BCUT2D eigenvalue weighted by atomic mass is 9.95. The number of rotatable bonds is 1. The van der Waals surface area contributed by atoms with Crippen molar-refractivity contribution in [3.63, 3.8) is 0 Å². The molecular formula is C12H11ClF3NO. The Hall–Kier alpha value is -0.940. The first-order valence-electron chi connectivity index (χ1n) is 5.69. The summed E-state index contributed by atoms with van der Waals surface area (Å²) >= 11 is 5.55. The van der Waals surface area contributed by atoms with Gasteiger partial charge in [-0.25, -0.2) is 13.2 Å². The molecule has 0 aliphatic carbocycles. The summed E-state index contributed by atoms with van der Waals surface area (Å²) < 4.78 is 46.4. The Kier molecular flexibility index (Phi) is 2.71. The zero-order chi connectivity index (χ0) is 12.9. The molecule has 0 saturated carbocycles. The van der Waals surface area contributed by atoms with Crippen LogP contribution in [-0.2, 0) is 4.74 Å². The summed E-state index contributed by atoms with van der Waals surface area (Å²) in [5.41, 5.74) is -0.909. The average Bonchev–Trinajstić information content (AvgIpc) is 3.03. The normalized spacial score (nSPS) is 30.9. The molecule has 0 amide bonds. The third-order valence-corrected chi connectivity index (χ3v) is 3.79. The summed E-state index contributed by atoms with van der Waals surface area (Å²) in [6.45, 7) is 0.707. The summed E-state index contributed by atoms with van der Waals surface area (Å²) in [5.74, 6) is -1.53. The van der Waals surface area contributed by atoms with Crippen LogP contribution in [0.15, 0.2) is 12.1 Å². The van der Waals surface area contributed by atoms with Crippen molar-refractivity contribution in [3.05, 3.63) is 28.8 Å². The quantitative estimate of drug-likeness (QED) is 0.734. The van der Waals surface area contributed by atoms with Gasteiger partial charge >= 0.3 is 0 Å². The van der Waals surface area contributed by atoms with E-state index >= 15 is 0 Å². The van der Waals surface area contributed by atoms with Crippen LogP contribution in [0.5, 0.6) is 0 Å². The lowest BCUT2D eigenvalue weighted by Gasteiger charge is -2.34. The average molecular weight is 278 g/mol.